The fourth-order valence-electron chi connectivity index (χ4n) is 3.61. The van der Waals surface area contributed by atoms with Crippen molar-refractivity contribution in [3.05, 3.63) is 41.5 Å². The molecule has 1 fully saturated rings. The molecular weight excluding hydrogens is 400 g/mol. The smallest absolute Gasteiger partial charge is 0.338 e. The molecule has 0 N–H and O–H groups in total. The SMILES string of the molecule is [2H]C([2H])Oc1ccc(-c2ccc3c(c2)COC3=O)c(OCC2(C(=O)OC(C)C)CC2)c1OC. The molecule has 2 aromatic rings. The van der Waals surface area contributed by atoms with Crippen molar-refractivity contribution in [2.24, 2.45) is 5.41 Å². The van der Waals surface area contributed by atoms with Gasteiger partial charge in [0.2, 0.25) is 5.75 Å². The van der Waals surface area contributed by atoms with E-state index in [0.717, 1.165) is 11.1 Å². The number of cyclic esters (lactones) is 1. The summed E-state index contributed by atoms with van der Waals surface area (Å²) in [4.78, 5) is 24.4. The zero-order valence-electron chi connectivity index (χ0n) is 19.7. The van der Waals surface area contributed by atoms with E-state index in [1.54, 1.807) is 38.1 Å². The van der Waals surface area contributed by atoms with Gasteiger partial charge in [-0.25, -0.2) is 4.79 Å². The summed E-state index contributed by atoms with van der Waals surface area (Å²) < 4.78 is 42.4. The molecule has 31 heavy (non-hydrogen) atoms. The molecule has 2 aromatic carbocycles. The van der Waals surface area contributed by atoms with Crippen molar-refractivity contribution in [2.45, 2.75) is 39.4 Å². The third-order valence-electron chi connectivity index (χ3n) is 5.52. The van der Waals surface area contributed by atoms with E-state index >= 15 is 0 Å². The Bertz CT molecular complexity index is 1080. The van der Waals surface area contributed by atoms with E-state index in [0.29, 0.717) is 29.7 Å². The second kappa shape index (κ2) is 8.13. The van der Waals surface area contributed by atoms with Crippen LogP contribution in [0.15, 0.2) is 30.3 Å². The first-order chi connectivity index (χ1) is 15.7. The number of hydrogen-bond donors (Lipinski definition) is 0. The Labute approximate surface area is 184 Å². The summed E-state index contributed by atoms with van der Waals surface area (Å²) in [6.45, 7) is 3.89. The second-order valence-electron chi connectivity index (χ2n) is 8.06. The largest absolute Gasteiger partial charge is 0.493 e. The number of carbonyl (C=O) groups excluding carboxylic acids is 2. The van der Waals surface area contributed by atoms with Crippen molar-refractivity contribution in [2.75, 3.05) is 20.8 Å². The zero-order valence-corrected chi connectivity index (χ0v) is 17.7. The topological polar surface area (TPSA) is 80.3 Å². The van der Waals surface area contributed by atoms with E-state index < -0.39 is 12.5 Å². The Morgan fingerprint density at radius 3 is 2.61 bits per heavy atom. The van der Waals surface area contributed by atoms with Gasteiger partial charge in [-0.1, -0.05) is 6.07 Å². The van der Waals surface area contributed by atoms with Crippen LogP contribution in [-0.4, -0.2) is 38.8 Å². The summed E-state index contributed by atoms with van der Waals surface area (Å²) in [5.41, 5.74) is 1.98. The van der Waals surface area contributed by atoms with Gasteiger partial charge in [-0.15, -0.1) is 0 Å². The molecule has 0 radical (unpaired) electrons. The molecule has 1 aliphatic carbocycles. The number of fused-ring (bicyclic) bond motifs is 1. The number of benzene rings is 2. The maximum Gasteiger partial charge on any atom is 0.338 e. The molecule has 2 aliphatic rings. The highest BCUT2D eigenvalue weighted by Gasteiger charge is 2.53. The highest BCUT2D eigenvalue weighted by molar-refractivity contribution is 5.94. The molecule has 1 aliphatic heterocycles. The summed E-state index contributed by atoms with van der Waals surface area (Å²) in [7, 11) is -0.117. The quantitative estimate of drug-likeness (QED) is 0.584. The van der Waals surface area contributed by atoms with Gasteiger partial charge in [0, 0.05) is 11.1 Å². The summed E-state index contributed by atoms with van der Waals surface area (Å²) >= 11 is 0. The van der Waals surface area contributed by atoms with Crippen molar-refractivity contribution in [1.82, 2.24) is 0 Å². The first-order valence-electron chi connectivity index (χ1n) is 11.3. The van der Waals surface area contributed by atoms with Crippen LogP contribution in [-0.2, 0) is 20.9 Å². The molecule has 0 spiro atoms. The first kappa shape index (κ1) is 18.5. The number of methoxy groups -OCH3 is 2. The Hall–Kier alpha value is -3.22. The van der Waals surface area contributed by atoms with Gasteiger partial charge in [-0.3, -0.25) is 4.79 Å². The minimum Gasteiger partial charge on any atom is -0.493 e. The lowest BCUT2D eigenvalue weighted by atomic mass is 9.99. The van der Waals surface area contributed by atoms with Crippen molar-refractivity contribution >= 4 is 11.9 Å². The maximum absolute atomic E-state index is 12.6. The van der Waals surface area contributed by atoms with Crippen LogP contribution in [0.1, 0.15) is 45.4 Å². The van der Waals surface area contributed by atoms with Gasteiger partial charge in [0.1, 0.15) is 18.6 Å². The van der Waals surface area contributed by atoms with Crippen molar-refractivity contribution < 1.29 is 36.0 Å². The predicted molar refractivity (Wildman–Crippen MR) is 112 cm³/mol. The van der Waals surface area contributed by atoms with E-state index in [1.807, 2.05) is 6.07 Å². The van der Waals surface area contributed by atoms with Crippen LogP contribution in [0.4, 0.5) is 0 Å². The monoisotopic (exact) mass is 428 g/mol. The second-order valence-corrected chi connectivity index (χ2v) is 8.06. The zero-order chi connectivity index (χ0) is 23.8. The standard InChI is InChI=1S/C24H26O7/c1-14(2)31-23(26)24(9-10-24)13-30-20-17(7-8-19(27-3)21(20)28-4)15-5-6-18-16(11-15)12-29-22(18)25/h5-8,11,14H,9-10,12-13H2,1-4H3/i3D2. The van der Waals surface area contributed by atoms with E-state index in [1.165, 1.54) is 7.11 Å². The first-order valence-corrected chi connectivity index (χ1v) is 10.1. The lowest BCUT2D eigenvalue weighted by Gasteiger charge is -2.21. The van der Waals surface area contributed by atoms with Crippen LogP contribution in [0.3, 0.4) is 0 Å². The maximum atomic E-state index is 12.6. The van der Waals surface area contributed by atoms with Gasteiger partial charge in [0.05, 0.1) is 28.6 Å². The molecule has 0 atom stereocenters. The van der Waals surface area contributed by atoms with Gasteiger partial charge in [0.15, 0.2) is 11.5 Å². The summed E-state index contributed by atoms with van der Waals surface area (Å²) in [5, 5.41) is 0. The van der Waals surface area contributed by atoms with E-state index in [4.69, 9.17) is 26.4 Å². The molecule has 0 saturated heterocycles. The molecule has 1 saturated carbocycles. The normalized spacial score (nSPS) is 16.9. The highest BCUT2D eigenvalue weighted by atomic mass is 16.6. The number of rotatable bonds is 8. The van der Waals surface area contributed by atoms with Crippen LogP contribution < -0.4 is 14.2 Å². The summed E-state index contributed by atoms with van der Waals surface area (Å²) in [6, 6.07) is 8.67. The van der Waals surface area contributed by atoms with E-state index in [9.17, 15) is 9.59 Å². The molecule has 164 valence electrons. The van der Waals surface area contributed by atoms with Crippen LogP contribution in [0.25, 0.3) is 11.1 Å². The molecule has 0 unspecified atom stereocenters. The Morgan fingerprint density at radius 2 is 1.94 bits per heavy atom. The molecule has 1 heterocycles. The van der Waals surface area contributed by atoms with E-state index in [2.05, 4.69) is 0 Å². The number of carbonyl (C=O) groups is 2. The fourth-order valence-corrected chi connectivity index (χ4v) is 3.61. The van der Waals surface area contributed by atoms with Crippen LogP contribution in [0.5, 0.6) is 17.2 Å². The molecule has 4 rings (SSSR count). The minimum atomic E-state index is -1.56. The van der Waals surface area contributed by atoms with Gasteiger partial charge in [-0.05, 0) is 56.5 Å². The number of hydrogen-bond acceptors (Lipinski definition) is 7. The van der Waals surface area contributed by atoms with Gasteiger partial charge in [-0.2, -0.15) is 0 Å². The number of ether oxygens (including phenoxy) is 5. The summed E-state index contributed by atoms with van der Waals surface area (Å²) in [5.74, 6) is 0.0736. The number of esters is 2. The molecule has 7 nitrogen and oxygen atoms in total. The van der Waals surface area contributed by atoms with Gasteiger partial charge >= 0.3 is 11.9 Å². The average Bonchev–Trinajstić information content (AvgIpc) is 3.48. The van der Waals surface area contributed by atoms with Crippen LogP contribution in [0.2, 0.25) is 0 Å². The van der Waals surface area contributed by atoms with Crippen LogP contribution in [0, 0.1) is 5.41 Å². The van der Waals surface area contributed by atoms with E-state index in [-0.39, 0.29) is 42.8 Å². The van der Waals surface area contributed by atoms with Gasteiger partial charge < -0.3 is 23.7 Å². The molecule has 0 bridgehead atoms. The Morgan fingerprint density at radius 1 is 1.16 bits per heavy atom. The van der Waals surface area contributed by atoms with Crippen LogP contribution >= 0.6 is 0 Å². The lowest BCUT2D eigenvalue weighted by molar-refractivity contribution is -0.155. The third kappa shape index (κ3) is 3.92. The molecule has 7 heteroatoms. The minimum absolute atomic E-state index is 0.0864. The van der Waals surface area contributed by atoms with Gasteiger partial charge in [0.25, 0.3) is 0 Å². The van der Waals surface area contributed by atoms with Crippen molar-refractivity contribution in [3.63, 3.8) is 0 Å². The predicted octanol–water partition coefficient (Wildman–Crippen LogP) is 4.15. The van der Waals surface area contributed by atoms with Crippen molar-refractivity contribution in [1.29, 1.82) is 0 Å². The molecule has 0 aromatic heterocycles. The molecular formula is C24H26O7. The van der Waals surface area contributed by atoms with Crippen molar-refractivity contribution in [3.8, 4) is 28.4 Å². The fraction of sp³-hybridized carbons (Fsp3) is 0.417. The molecule has 0 amide bonds. The Balaban J connectivity index is 1.71. The third-order valence-corrected chi connectivity index (χ3v) is 5.52. The highest BCUT2D eigenvalue weighted by Crippen LogP contribution is 2.50. The summed E-state index contributed by atoms with van der Waals surface area (Å²) in [6.07, 6.45) is 1.09. The average molecular weight is 428 g/mol. The lowest BCUT2D eigenvalue weighted by Crippen LogP contribution is -2.28. The Kier molecular flexibility index (Phi) is 4.86.